The molecule has 25 heavy (non-hydrogen) atoms. The van der Waals surface area contributed by atoms with Crippen molar-refractivity contribution < 1.29 is 9.59 Å². The number of anilines is 1. The maximum atomic E-state index is 12.5. The van der Waals surface area contributed by atoms with Crippen LogP contribution in [0.15, 0.2) is 54.6 Å². The molecule has 0 saturated heterocycles. The van der Waals surface area contributed by atoms with Crippen LogP contribution in [0.5, 0.6) is 0 Å². The van der Waals surface area contributed by atoms with Crippen molar-refractivity contribution in [2.24, 2.45) is 0 Å². The zero-order valence-electron chi connectivity index (χ0n) is 13.7. The molecule has 1 aliphatic rings. The number of nitrogens with zero attached hydrogens (tertiary/aromatic N) is 1. The third-order valence-corrected chi connectivity index (χ3v) is 4.49. The smallest absolute Gasteiger partial charge is 0.246 e. The number of fused-ring (bicyclic) bond motifs is 1. The number of rotatable bonds is 4. The van der Waals surface area contributed by atoms with E-state index in [0.717, 1.165) is 24.1 Å². The van der Waals surface area contributed by atoms with Crippen LogP contribution in [-0.4, -0.2) is 24.9 Å². The summed E-state index contributed by atoms with van der Waals surface area (Å²) in [5.74, 6) is -0.426. The lowest BCUT2D eigenvalue weighted by Crippen LogP contribution is -2.42. The van der Waals surface area contributed by atoms with Crippen LogP contribution in [0.25, 0.3) is 6.08 Å². The van der Waals surface area contributed by atoms with E-state index in [1.165, 1.54) is 11.6 Å². The summed E-state index contributed by atoms with van der Waals surface area (Å²) in [7, 11) is 0. The number of hydrogen-bond acceptors (Lipinski definition) is 2. The van der Waals surface area contributed by atoms with Crippen LogP contribution in [0.2, 0.25) is 5.02 Å². The maximum absolute atomic E-state index is 12.5. The molecule has 2 amide bonds. The van der Waals surface area contributed by atoms with E-state index in [4.69, 9.17) is 11.6 Å². The minimum Gasteiger partial charge on any atom is -0.343 e. The van der Waals surface area contributed by atoms with Gasteiger partial charge in [0.25, 0.3) is 0 Å². The van der Waals surface area contributed by atoms with Gasteiger partial charge in [-0.15, -0.1) is 0 Å². The van der Waals surface area contributed by atoms with Gasteiger partial charge in [-0.2, -0.15) is 0 Å². The Kier molecular flexibility index (Phi) is 5.51. The Morgan fingerprint density at radius 3 is 2.72 bits per heavy atom. The zero-order chi connectivity index (χ0) is 17.6. The molecule has 2 aromatic rings. The number of nitrogens with one attached hydrogen (secondary N) is 1. The molecule has 0 radical (unpaired) electrons. The first-order chi connectivity index (χ1) is 12.1. The lowest BCUT2D eigenvalue weighted by atomic mass is 10.0. The Balaban J connectivity index is 1.58. The van der Waals surface area contributed by atoms with E-state index in [1.807, 2.05) is 42.5 Å². The van der Waals surface area contributed by atoms with Crippen LogP contribution in [0.4, 0.5) is 5.69 Å². The molecule has 1 aliphatic heterocycles. The van der Waals surface area contributed by atoms with E-state index < -0.39 is 0 Å². The monoisotopic (exact) mass is 354 g/mol. The fourth-order valence-corrected chi connectivity index (χ4v) is 3.08. The highest BCUT2D eigenvalue weighted by Crippen LogP contribution is 2.26. The molecule has 4 nitrogen and oxygen atoms in total. The second-order valence-corrected chi connectivity index (χ2v) is 6.26. The molecule has 1 N–H and O–H groups in total. The molecule has 0 saturated carbocycles. The Morgan fingerprint density at radius 1 is 1.12 bits per heavy atom. The summed E-state index contributed by atoms with van der Waals surface area (Å²) >= 11 is 6.04. The van der Waals surface area contributed by atoms with Gasteiger partial charge in [0.15, 0.2) is 0 Å². The van der Waals surface area contributed by atoms with Crippen LogP contribution in [-0.2, 0) is 16.0 Å². The summed E-state index contributed by atoms with van der Waals surface area (Å²) in [4.78, 5) is 26.2. The van der Waals surface area contributed by atoms with Gasteiger partial charge in [-0.1, -0.05) is 48.0 Å². The summed E-state index contributed by atoms with van der Waals surface area (Å²) in [6.45, 7) is 0.654. The lowest BCUT2D eigenvalue weighted by Gasteiger charge is -2.29. The van der Waals surface area contributed by atoms with Crippen molar-refractivity contribution in [3.05, 3.63) is 70.8 Å². The predicted octanol–water partition coefficient (Wildman–Crippen LogP) is 3.45. The van der Waals surface area contributed by atoms with E-state index >= 15 is 0 Å². The van der Waals surface area contributed by atoms with E-state index in [9.17, 15) is 9.59 Å². The molecule has 0 fully saturated rings. The number of carbonyl (C=O) groups is 2. The third-order valence-electron chi connectivity index (χ3n) is 4.14. The lowest BCUT2D eigenvalue weighted by molar-refractivity contribution is -0.122. The van der Waals surface area contributed by atoms with E-state index in [1.54, 1.807) is 17.0 Å². The predicted molar refractivity (Wildman–Crippen MR) is 101 cm³/mol. The van der Waals surface area contributed by atoms with E-state index in [2.05, 4.69) is 5.32 Å². The van der Waals surface area contributed by atoms with Crippen molar-refractivity contribution in [3.63, 3.8) is 0 Å². The summed E-state index contributed by atoms with van der Waals surface area (Å²) in [6, 6.07) is 15.2. The molecule has 2 aromatic carbocycles. The molecule has 128 valence electrons. The summed E-state index contributed by atoms with van der Waals surface area (Å²) in [6.07, 6.45) is 4.94. The van der Waals surface area contributed by atoms with Crippen molar-refractivity contribution in [3.8, 4) is 0 Å². The Bertz CT molecular complexity index is 817. The molecule has 0 atom stereocenters. The Labute approximate surface area is 152 Å². The van der Waals surface area contributed by atoms with Crippen LogP contribution >= 0.6 is 11.6 Å². The number of halogens is 1. The zero-order valence-corrected chi connectivity index (χ0v) is 14.5. The van der Waals surface area contributed by atoms with Gasteiger partial charge in [0.05, 0.1) is 6.54 Å². The van der Waals surface area contributed by atoms with Crippen LogP contribution in [0.1, 0.15) is 17.5 Å². The number of carbonyl (C=O) groups excluding carboxylic acids is 2. The standard InChI is InChI=1S/C20H19ClN2O2/c21-17-9-3-1-6-15(17)11-12-19(24)22-14-20(25)23-13-5-8-16-7-2-4-10-18(16)23/h1-4,6-7,9-12H,5,8,13-14H2,(H,22,24)/b12-11+. The second-order valence-electron chi connectivity index (χ2n) is 5.85. The summed E-state index contributed by atoms with van der Waals surface area (Å²) in [5, 5.41) is 3.22. The number of amides is 2. The Morgan fingerprint density at radius 2 is 1.88 bits per heavy atom. The highest BCUT2D eigenvalue weighted by Gasteiger charge is 2.21. The second kappa shape index (κ2) is 7.99. The normalized spacial score (nSPS) is 13.6. The highest BCUT2D eigenvalue weighted by molar-refractivity contribution is 6.32. The number of benzene rings is 2. The first-order valence-electron chi connectivity index (χ1n) is 8.24. The minimum absolute atomic E-state index is 0.0277. The van der Waals surface area contributed by atoms with Gasteiger partial charge in [-0.25, -0.2) is 0 Å². The van der Waals surface area contributed by atoms with Crippen molar-refractivity contribution in [2.45, 2.75) is 12.8 Å². The Hall–Kier alpha value is -2.59. The average molecular weight is 355 g/mol. The fraction of sp³-hybridized carbons (Fsp3) is 0.200. The quantitative estimate of drug-likeness (QED) is 0.855. The molecule has 1 heterocycles. The van der Waals surface area contributed by atoms with Gasteiger partial charge in [-0.3, -0.25) is 9.59 Å². The van der Waals surface area contributed by atoms with Gasteiger partial charge in [-0.05, 0) is 42.2 Å². The summed E-state index contributed by atoms with van der Waals surface area (Å²) in [5.41, 5.74) is 2.88. The van der Waals surface area contributed by atoms with Crippen molar-refractivity contribution in [1.82, 2.24) is 5.32 Å². The SMILES string of the molecule is O=C(/C=C/c1ccccc1Cl)NCC(=O)N1CCCc2ccccc21. The fourth-order valence-electron chi connectivity index (χ4n) is 2.89. The molecule has 3 rings (SSSR count). The summed E-state index contributed by atoms with van der Waals surface area (Å²) < 4.78 is 0. The number of para-hydroxylation sites is 1. The van der Waals surface area contributed by atoms with E-state index in [0.29, 0.717) is 11.6 Å². The van der Waals surface area contributed by atoms with Gasteiger partial charge >= 0.3 is 0 Å². The number of hydrogen-bond donors (Lipinski definition) is 1. The maximum Gasteiger partial charge on any atom is 0.246 e. The molecule has 0 aromatic heterocycles. The molecule has 0 spiro atoms. The van der Waals surface area contributed by atoms with Crippen molar-refractivity contribution in [1.29, 1.82) is 0 Å². The largest absolute Gasteiger partial charge is 0.343 e. The molecule has 0 bridgehead atoms. The van der Waals surface area contributed by atoms with Gasteiger partial charge in [0.2, 0.25) is 11.8 Å². The molecule has 5 heteroatoms. The van der Waals surface area contributed by atoms with Crippen LogP contribution in [0, 0.1) is 0 Å². The van der Waals surface area contributed by atoms with Gasteiger partial charge < -0.3 is 10.2 Å². The first-order valence-corrected chi connectivity index (χ1v) is 8.61. The van der Waals surface area contributed by atoms with E-state index in [-0.39, 0.29) is 18.4 Å². The van der Waals surface area contributed by atoms with Crippen molar-refractivity contribution >= 4 is 35.2 Å². The first kappa shape index (κ1) is 17.2. The van der Waals surface area contributed by atoms with Crippen molar-refractivity contribution in [2.75, 3.05) is 18.0 Å². The molecular weight excluding hydrogens is 336 g/mol. The van der Waals surface area contributed by atoms with Crippen LogP contribution in [0.3, 0.4) is 0 Å². The molecule has 0 aliphatic carbocycles. The number of aryl methyl sites for hydroxylation is 1. The average Bonchev–Trinajstić information content (AvgIpc) is 2.65. The molecular formula is C20H19ClN2O2. The topological polar surface area (TPSA) is 49.4 Å². The van der Waals surface area contributed by atoms with Crippen LogP contribution < -0.4 is 10.2 Å². The minimum atomic E-state index is -0.321. The van der Waals surface area contributed by atoms with Gasteiger partial charge in [0, 0.05) is 23.3 Å². The highest BCUT2D eigenvalue weighted by atomic mass is 35.5. The third kappa shape index (κ3) is 4.28. The van der Waals surface area contributed by atoms with Gasteiger partial charge in [0.1, 0.15) is 0 Å². The molecule has 0 unspecified atom stereocenters.